The van der Waals surface area contributed by atoms with Crippen LogP contribution in [-0.2, 0) is 6.18 Å². The Hall–Kier alpha value is -1.23. The monoisotopic (exact) mass is 219 g/mol. The zero-order valence-electron chi connectivity index (χ0n) is 8.21. The van der Waals surface area contributed by atoms with Crippen LogP contribution in [0.1, 0.15) is 12.5 Å². The summed E-state index contributed by atoms with van der Waals surface area (Å²) in [6, 6.07) is 4.54. The van der Waals surface area contributed by atoms with Crippen LogP contribution in [-0.4, -0.2) is 12.6 Å². The Bertz CT molecular complexity index is 307. The lowest BCUT2D eigenvalue weighted by molar-refractivity contribution is -0.137. The molecule has 2 N–H and O–H groups in total. The summed E-state index contributed by atoms with van der Waals surface area (Å²) in [6.07, 6.45) is -4.51. The topological polar surface area (TPSA) is 35.2 Å². The number of benzene rings is 1. The average molecular weight is 219 g/mol. The third-order valence-electron chi connectivity index (χ3n) is 1.85. The van der Waals surface area contributed by atoms with Crippen molar-refractivity contribution in [1.82, 2.24) is 0 Å². The van der Waals surface area contributed by atoms with Crippen LogP contribution in [0, 0.1) is 0 Å². The van der Waals surface area contributed by atoms with Crippen LogP contribution >= 0.6 is 0 Å². The van der Waals surface area contributed by atoms with E-state index >= 15 is 0 Å². The Balaban J connectivity index is 2.73. The predicted octanol–water partition coefficient (Wildman–Crippen LogP) is 2.43. The van der Waals surface area contributed by atoms with E-state index in [9.17, 15) is 13.2 Å². The van der Waals surface area contributed by atoms with Gasteiger partial charge in [0.1, 0.15) is 11.9 Å². The summed E-state index contributed by atoms with van der Waals surface area (Å²) in [5, 5.41) is 0. The van der Waals surface area contributed by atoms with Crippen LogP contribution < -0.4 is 10.5 Å². The Kier molecular flexibility index (Phi) is 3.57. The maximum atomic E-state index is 12.2. The maximum absolute atomic E-state index is 12.2. The molecule has 0 unspecified atom stereocenters. The summed E-state index contributed by atoms with van der Waals surface area (Å²) in [5.41, 5.74) is 4.63. The highest BCUT2D eigenvalue weighted by molar-refractivity contribution is 5.28. The molecule has 0 aliphatic carbocycles. The number of nitrogens with two attached hydrogens (primary N) is 1. The Morgan fingerprint density at radius 1 is 1.27 bits per heavy atom. The summed E-state index contributed by atoms with van der Waals surface area (Å²) in [4.78, 5) is 0. The highest BCUT2D eigenvalue weighted by atomic mass is 19.4. The minimum atomic E-state index is -4.31. The van der Waals surface area contributed by atoms with Crippen molar-refractivity contribution < 1.29 is 17.9 Å². The highest BCUT2D eigenvalue weighted by Crippen LogP contribution is 2.30. The first-order chi connectivity index (χ1) is 6.93. The van der Waals surface area contributed by atoms with Crippen LogP contribution in [0.25, 0.3) is 0 Å². The first-order valence-electron chi connectivity index (χ1n) is 4.47. The molecular formula is C10H12F3NO. The molecular weight excluding hydrogens is 207 g/mol. The van der Waals surface area contributed by atoms with E-state index in [1.807, 2.05) is 0 Å². The Labute approximate surface area is 85.8 Å². The molecule has 1 atom stereocenters. The van der Waals surface area contributed by atoms with Gasteiger partial charge in [0.25, 0.3) is 0 Å². The SMILES string of the molecule is C[C@@H](CN)Oc1ccc(C(F)(F)F)cc1. The molecule has 84 valence electrons. The van der Waals surface area contributed by atoms with Crippen LogP contribution in [0.4, 0.5) is 13.2 Å². The molecule has 0 saturated carbocycles. The van der Waals surface area contributed by atoms with E-state index in [1.54, 1.807) is 6.92 Å². The van der Waals surface area contributed by atoms with Gasteiger partial charge in [-0.25, -0.2) is 0 Å². The second-order valence-electron chi connectivity index (χ2n) is 3.19. The normalized spacial score (nSPS) is 13.7. The van der Waals surface area contributed by atoms with Crippen molar-refractivity contribution in [3.63, 3.8) is 0 Å². The molecule has 2 nitrogen and oxygen atoms in total. The van der Waals surface area contributed by atoms with E-state index in [4.69, 9.17) is 10.5 Å². The molecule has 0 amide bonds. The largest absolute Gasteiger partial charge is 0.489 e. The number of alkyl halides is 3. The molecule has 0 aliphatic rings. The molecule has 5 heteroatoms. The lowest BCUT2D eigenvalue weighted by atomic mass is 10.2. The van der Waals surface area contributed by atoms with Crippen molar-refractivity contribution in [1.29, 1.82) is 0 Å². The minimum absolute atomic E-state index is 0.207. The molecule has 0 spiro atoms. The fourth-order valence-electron chi connectivity index (χ4n) is 1.00. The predicted molar refractivity (Wildman–Crippen MR) is 50.6 cm³/mol. The molecule has 0 aromatic heterocycles. The van der Waals surface area contributed by atoms with Crippen LogP contribution in [0.15, 0.2) is 24.3 Å². The third kappa shape index (κ3) is 3.43. The molecule has 0 bridgehead atoms. The molecule has 0 aliphatic heterocycles. The first kappa shape index (κ1) is 11.8. The summed E-state index contributed by atoms with van der Waals surface area (Å²) < 4.78 is 41.8. The van der Waals surface area contributed by atoms with E-state index in [0.29, 0.717) is 12.3 Å². The van der Waals surface area contributed by atoms with Gasteiger partial charge >= 0.3 is 6.18 Å². The van der Waals surface area contributed by atoms with E-state index in [2.05, 4.69) is 0 Å². The zero-order chi connectivity index (χ0) is 11.5. The quantitative estimate of drug-likeness (QED) is 0.847. The Morgan fingerprint density at radius 2 is 1.80 bits per heavy atom. The van der Waals surface area contributed by atoms with Gasteiger partial charge in [-0.15, -0.1) is 0 Å². The van der Waals surface area contributed by atoms with Gasteiger partial charge in [-0.05, 0) is 31.2 Å². The molecule has 15 heavy (non-hydrogen) atoms. The molecule has 1 aromatic rings. The average Bonchev–Trinajstić information content (AvgIpc) is 2.17. The van der Waals surface area contributed by atoms with Gasteiger partial charge in [-0.3, -0.25) is 0 Å². The van der Waals surface area contributed by atoms with Gasteiger partial charge in [-0.2, -0.15) is 13.2 Å². The molecule has 0 fully saturated rings. The fraction of sp³-hybridized carbons (Fsp3) is 0.400. The van der Waals surface area contributed by atoms with E-state index in [0.717, 1.165) is 12.1 Å². The summed E-state index contributed by atoms with van der Waals surface area (Å²) in [6.45, 7) is 2.07. The highest BCUT2D eigenvalue weighted by Gasteiger charge is 2.30. The van der Waals surface area contributed by atoms with Gasteiger partial charge in [0.05, 0.1) is 5.56 Å². The van der Waals surface area contributed by atoms with Gasteiger partial charge in [-0.1, -0.05) is 0 Å². The van der Waals surface area contributed by atoms with Crippen molar-refractivity contribution in [3.8, 4) is 5.75 Å². The second kappa shape index (κ2) is 4.53. The number of ether oxygens (including phenoxy) is 1. The number of hydrogen-bond donors (Lipinski definition) is 1. The lowest BCUT2D eigenvalue weighted by Gasteiger charge is -2.13. The maximum Gasteiger partial charge on any atom is 0.416 e. The number of rotatable bonds is 3. The van der Waals surface area contributed by atoms with Crippen molar-refractivity contribution in [2.75, 3.05) is 6.54 Å². The van der Waals surface area contributed by atoms with Crippen molar-refractivity contribution >= 4 is 0 Å². The van der Waals surface area contributed by atoms with Crippen molar-refractivity contribution in [2.45, 2.75) is 19.2 Å². The van der Waals surface area contributed by atoms with Crippen LogP contribution in [0.5, 0.6) is 5.75 Å². The molecule has 0 radical (unpaired) electrons. The van der Waals surface area contributed by atoms with Crippen LogP contribution in [0.2, 0.25) is 0 Å². The molecule has 0 saturated heterocycles. The molecule has 1 aromatic carbocycles. The van der Waals surface area contributed by atoms with Gasteiger partial charge in [0, 0.05) is 6.54 Å². The third-order valence-corrected chi connectivity index (χ3v) is 1.85. The standard InChI is InChI=1S/C10H12F3NO/c1-7(6-14)15-9-4-2-8(3-5-9)10(11,12)13/h2-5,7H,6,14H2,1H3/t7-/m0/s1. The second-order valence-corrected chi connectivity index (χ2v) is 3.19. The number of halogens is 3. The Morgan fingerprint density at radius 3 is 2.20 bits per heavy atom. The summed E-state index contributed by atoms with van der Waals surface area (Å²) >= 11 is 0. The minimum Gasteiger partial charge on any atom is -0.489 e. The smallest absolute Gasteiger partial charge is 0.416 e. The van der Waals surface area contributed by atoms with Crippen LogP contribution in [0.3, 0.4) is 0 Å². The summed E-state index contributed by atoms with van der Waals surface area (Å²) in [5.74, 6) is 0.390. The lowest BCUT2D eigenvalue weighted by Crippen LogP contribution is -2.22. The van der Waals surface area contributed by atoms with Crippen molar-refractivity contribution in [2.24, 2.45) is 5.73 Å². The fourth-order valence-corrected chi connectivity index (χ4v) is 1.00. The molecule has 1 rings (SSSR count). The van der Waals surface area contributed by atoms with E-state index in [1.165, 1.54) is 12.1 Å². The van der Waals surface area contributed by atoms with E-state index < -0.39 is 11.7 Å². The first-order valence-corrected chi connectivity index (χ1v) is 4.47. The van der Waals surface area contributed by atoms with Gasteiger partial charge in [0.15, 0.2) is 0 Å². The zero-order valence-corrected chi connectivity index (χ0v) is 8.21. The van der Waals surface area contributed by atoms with E-state index in [-0.39, 0.29) is 6.10 Å². The van der Waals surface area contributed by atoms with Gasteiger partial charge in [0.2, 0.25) is 0 Å². The van der Waals surface area contributed by atoms with Crippen molar-refractivity contribution in [3.05, 3.63) is 29.8 Å². The number of hydrogen-bond acceptors (Lipinski definition) is 2. The summed E-state index contributed by atoms with van der Waals surface area (Å²) in [7, 11) is 0. The molecule has 0 heterocycles. The van der Waals surface area contributed by atoms with Gasteiger partial charge < -0.3 is 10.5 Å².